The Morgan fingerprint density at radius 1 is 1.55 bits per heavy atom. The molecule has 0 radical (unpaired) electrons. The van der Waals surface area contributed by atoms with Gasteiger partial charge in [-0.25, -0.2) is 4.79 Å². The number of carbonyl (C=O) groups is 1. The van der Waals surface area contributed by atoms with Gasteiger partial charge in [0, 0.05) is 0 Å². The number of allylic oxidation sites excluding steroid dienone is 3. The molecule has 1 aliphatic carbocycles. The molecule has 0 aromatic heterocycles. The second kappa shape index (κ2) is 6.74. The summed E-state index contributed by atoms with van der Waals surface area (Å²) in [6.07, 6.45) is 7.14. The standard InChI is InChI=1S/C17H25NO2/c1-12(10-14(11-18)16(19)20)7-8-15-13(2)6-5-9-17(15,3)4/h10,12H,5-9H2,1-4H3,(H,19,20). The second-order valence-electron chi connectivity index (χ2n) is 6.51. The molecule has 0 spiro atoms. The lowest BCUT2D eigenvalue weighted by atomic mass is 9.71. The summed E-state index contributed by atoms with van der Waals surface area (Å²) in [5, 5.41) is 17.6. The molecule has 1 N–H and O–H groups in total. The van der Waals surface area contributed by atoms with Crippen molar-refractivity contribution in [3.63, 3.8) is 0 Å². The molecule has 20 heavy (non-hydrogen) atoms. The van der Waals surface area contributed by atoms with Crippen molar-refractivity contribution in [3.8, 4) is 6.07 Å². The molecule has 3 heteroatoms. The molecule has 0 heterocycles. The van der Waals surface area contributed by atoms with Crippen LogP contribution in [-0.2, 0) is 4.79 Å². The molecule has 0 saturated carbocycles. The lowest BCUT2D eigenvalue weighted by molar-refractivity contribution is -0.132. The van der Waals surface area contributed by atoms with Crippen molar-refractivity contribution in [1.82, 2.24) is 0 Å². The van der Waals surface area contributed by atoms with Crippen LogP contribution >= 0.6 is 0 Å². The van der Waals surface area contributed by atoms with E-state index in [-0.39, 0.29) is 16.9 Å². The molecular weight excluding hydrogens is 250 g/mol. The smallest absolute Gasteiger partial charge is 0.346 e. The molecule has 0 bridgehead atoms. The van der Waals surface area contributed by atoms with Crippen molar-refractivity contribution < 1.29 is 9.90 Å². The number of carboxylic acid groups (broad SMARTS) is 1. The maximum atomic E-state index is 10.8. The molecule has 1 aliphatic rings. The Kier molecular flexibility index (Phi) is 5.56. The van der Waals surface area contributed by atoms with Crippen LogP contribution in [0, 0.1) is 22.7 Å². The molecule has 0 saturated heterocycles. The predicted molar refractivity (Wildman–Crippen MR) is 80.1 cm³/mol. The zero-order valence-corrected chi connectivity index (χ0v) is 13.0. The van der Waals surface area contributed by atoms with E-state index >= 15 is 0 Å². The highest BCUT2D eigenvalue weighted by Crippen LogP contribution is 2.42. The van der Waals surface area contributed by atoms with Gasteiger partial charge in [0.1, 0.15) is 11.6 Å². The lowest BCUT2D eigenvalue weighted by Crippen LogP contribution is -2.20. The van der Waals surface area contributed by atoms with Crippen molar-refractivity contribution in [1.29, 1.82) is 5.26 Å². The Morgan fingerprint density at radius 2 is 2.20 bits per heavy atom. The van der Waals surface area contributed by atoms with E-state index in [0.717, 1.165) is 12.8 Å². The van der Waals surface area contributed by atoms with Crippen LogP contribution in [0.15, 0.2) is 22.8 Å². The van der Waals surface area contributed by atoms with Crippen molar-refractivity contribution in [2.45, 2.75) is 59.8 Å². The van der Waals surface area contributed by atoms with Crippen LogP contribution in [-0.4, -0.2) is 11.1 Å². The minimum Gasteiger partial charge on any atom is -0.477 e. The van der Waals surface area contributed by atoms with Crippen LogP contribution in [0.4, 0.5) is 0 Å². The van der Waals surface area contributed by atoms with Gasteiger partial charge in [0.05, 0.1) is 0 Å². The van der Waals surface area contributed by atoms with Gasteiger partial charge in [-0.05, 0) is 50.4 Å². The highest BCUT2D eigenvalue weighted by Gasteiger charge is 2.28. The van der Waals surface area contributed by atoms with Crippen LogP contribution < -0.4 is 0 Å². The Labute approximate surface area is 122 Å². The third-order valence-corrected chi connectivity index (χ3v) is 4.34. The summed E-state index contributed by atoms with van der Waals surface area (Å²) in [6, 6.07) is 1.74. The SMILES string of the molecule is CC1=C(CCC(C)C=C(C#N)C(=O)O)C(C)(C)CCC1. The molecule has 0 fully saturated rings. The topological polar surface area (TPSA) is 61.1 Å². The molecule has 1 rings (SSSR count). The number of carboxylic acids is 1. The molecule has 0 aromatic carbocycles. The first kappa shape index (κ1) is 16.5. The quantitative estimate of drug-likeness (QED) is 0.457. The molecule has 0 aromatic rings. The number of hydrogen-bond donors (Lipinski definition) is 1. The molecule has 3 nitrogen and oxygen atoms in total. The summed E-state index contributed by atoms with van der Waals surface area (Å²) in [5.41, 5.74) is 3.14. The fourth-order valence-corrected chi connectivity index (χ4v) is 3.12. The summed E-state index contributed by atoms with van der Waals surface area (Å²) in [6.45, 7) is 8.79. The molecule has 0 aliphatic heterocycles. The Bertz CT molecular complexity index is 478. The summed E-state index contributed by atoms with van der Waals surface area (Å²) in [5.74, 6) is -1.02. The van der Waals surface area contributed by atoms with Crippen molar-refractivity contribution in [2.24, 2.45) is 11.3 Å². The number of hydrogen-bond acceptors (Lipinski definition) is 2. The molecule has 1 unspecified atom stereocenters. The minimum absolute atomic E-state index is 0.110. The third kappa shape index (κ3) is 4.23. The van der Waals surface area contributed by atoms with Gasteiger partial charge < -0.3 is 5.11 Å². The first-order valence-electron chi connectivity index (χ1n) is 7.32. The zero-order valence-electron chi connectivity index (χ0n) is 13.0. The van der Waals surface area contributed by atoms with Gasteiger partial charge in [0.15, 0.2) is 0 Å². The van der Waals surface area contributed by atoms with Crippen molar-refractivity contribution in [3.05, 3.63) is 22.8 Å². The molecular formula is C17H25NO2. The normalized spacial score (nSPS) is 20.4. The first-order valence-corrected chi connectivity index (χ1v) is 7.32. The lowest BCUT2D eigenvalue weighted by Gasteiger charge is -2.35. The Hall–Kier alpha value is -1.56. The minimum atomic E-state index is -1.13. The largest absolute Gasteiger partial charge is 0.477 e. The Balaban J connectivity index is 2.72. The number of nitriles is 1. The van der Waals surface area contributed by atoms with Crippen molar-refractivity contribution in [2.75, 3.05) is 0 Å². The third-order valence-electron chi connectivity index (χ3n) is 4.34. The summed E-state index contributed by atoms with van der Waals surface area (Å²) >= 11 is 0. The van der Waals surface area contributed by atoms with Gasteiger partial charge in [-0.2, -0.15) is 5.26 Å². The first-order chi connectivity index (χ1) is 9.27. The van der Waals surface area contributed by atoms with E-state index in [1.54, 1.807) is 12.1 Å². The van der Waals surface area contributed by atoms with Gasteiger partial charge >= 0.3 is 5.97 Å². The maximum absolute atomic E-state index is 10.8. The fraction of sp³-hybridized carbons (Fsp3) is 0.647. The predicted octanol–water partition coefficient (Wildman–Crippen LogP) is 4.46. The summed E-state index contributed by atoms with van der Waals surface area (Å²) < 4.78 is 0. The van der Waals surface area contributed by atoms with Gasteiger partial charge in [-0.15, -0.1) is 0 Å². The van der Waals surface area contributed by atoms with E-state index < -0.39 is 5.97 Å². The Morgan fingerprint density at radius 3 is 2.70 bits per heavy atom. The molecule has 110 valence electrons. The van der Waals surface area contributed by atoms with Crippen LogP contribution in [0.5, 0.6) is 0 Å². The monoisotopic (exact) mass is 275 g/mol. The number of nitrogens with zero attached hydrogens (tertiary/aromatic N) is 1. The summed E-state index contributed by atoms with van der Waals surface area (Å²) in [7, 11) is 0. The van der Waals surface area contributed by atoms with Crippen LogP contribution in [0.2, 0.25) is 0 Å². The van der Waals surface area contributed by atoms with E-state index in [4.69, 9.17) is 10.4 Å². The maximum Gasteiger partial charge on any atom is 0.346 e. The highest BCUT2D eigenvalue weighted by atomic mass is 16.4. The van der Waals surface area contributed by atoms with E-state index in [2.05, 4.69) is 20.8 Å². The number of aliphatic carboxylic acids is 1. The number of rotatable bonds is 5. The van der Waals surface area contributed by atoms with Gasteiger partial charge in [-0.1, -0.05) is 38.0 Å². The average Bonchev–Trinajstić information content (AvgIpc) is 2.34. The fourth-order valence-electron chi connectivity index (χ4n) is 3.12. The van der Waals surface area contributed by atoms with E-state index in [1.165, 1.54) is 30.4 Å². The van der Waals surface area contributed by atoms with E-state index in [0.29, 0.717) is 0 Å². The van der Waals surface area contributed by atoms with Crippen LogP contribution in [0.3, 0.4) is 0 Å². The molecule has 0 amide bonds. The van der Waals surface area contributed by atoms with Crippen LogP contribution in [0.25, 0.3) is 0 Å². The van der Waals surface area contributed by atoms with Gasteiger partial charge in [0.25, 0.3) is 0 Å². The average molecular weight is 275 g/mol. The summed E-state index contributed by atoms with van der Waals surface area (Å²) in [4.78, 5) is 10.8. The van der Waals surface area contributed by atoms with Crippen molar-refractivity contribution >= 4 is 5.97 Å². The van der Waals surface area contributed by atoms with Gasteiger partial charge in [-0.3, -0.25) is 0 Å². The van der Waals surface area contributed by atoms with Crippen LogP contribution in [0.1, 0.15) is 59.8 Å². The second-order valence-corrected chi connectivity index (χ2v) is 6.51. The zero-order chi connectivity index (χ0) is 15.3. The van der Waals surface area contributed by atoms with Gasteiger partial charge in [0.2, 0.25) is 0 Å². The molecule has 1 atom stereocenters. The van der Waals surface area contributed by atoms with E-state index in [1.807, 2.05) is 6.92 Å². The highest BCUT2D eigenvalue weighted by molar-refractivity contribution is 5.90. The van der Waals surface area contributed by atoms with E-state index in [9.17, 15) is 4.79 Å².